The smallest absolute Gasteiger partial charge is 0.333 e. The highest BCUT2D eigenvalue weighted by Crippen LogP contribution is 2.36. The minimum absolute atomic E-state index is 0.0515. The third kappa shape index (κ3) is 7.36. The molecule has 0 bridgehead atoms. The average molecular weight is 722 g/mol. The molecule has 0 spiro atoms. The van der Waals surface area contributed by atoms with Crippen molar-refractivity contribution in [1.82, 2.24) is 24.3 Å². The standard InChI is InChI=1S/C27H31N9O11S2/c1-33-22(38)20(23(39)34(2)26(33)42)31-29-14-6-8-16(18(12-14)48(44)45)17-9-7-15(13-19(17)49(46,47)28-10-5-11-37)30-32-21-24(40)35(3)27(43)36(4)25(21)41/h6-9,12-13,20-21,27-28,37,43,48H,5,10-11H2,1-4H3. The maximum Gasteiger partial charge on any atom is 0.333 e. The van der Waals surface area contributed by atoms with Gasteiger partial charge in [0.2, 0.25) is 28.5 Å². The predicted octanol–water partition coefficient (Wildman–Crippen LogP) is -0.854. The van der Waals surface area contributed by atoms with Crippen LogP contribution in [0.4, 0.5) is 16.2 Å². The van der Waals surface area contributed by atoms with Gasteiger partial charge in [0.05, 0.1) is 21.2 Å². The number of carbonyl (C=O) groups is 5. The first-order valence-electron chi connectivity index (χ1n) is 14.2. The summed E-state index contributed by atoms with van der Waals surface area (Å²) in [5.74, 6) is -3.61. The normalized spacial score (nSPS) is 19.9. The minimum atomic E-state index is -4.42. The van der Waals surface area contributed by atoms with Gasteiger partial charge in [0.15, 0.2) is 10.7 Å². The van der Waals surface area contributed by atoms with Gasteiger partial charge in [-0.3, -0.25) is 29.0 Å². The number of hydrogen-bond acceptors (Lipinski definition) is 15. The number of hydrogen-bond donors (Lipinski definition) is 4. The van der Waals surface area contributed by atoms with Crippen LogP contribution in [-0.4, -0.2) is 136 Å². The molecule has 6 amide bonds. The summed E-state index contributed by atoms with van der Waals surface area (Å²) in [5, 5.41) is 34.4. The van der Waals surface area contributed by atoms with Gasteiger partial charge in [-0.05, 0) is 30.7 Å². The second-order valence-corrected chi connectivity index (χ2v) is 13.4. The highest BCUT2D eigenvalue weighted by Gasteiger charge is 2.44. The Labute approximate surface area is 280 Å². The summed E-state index contributed by atoms with van der Waals surface area (Å²) in [4.78, 5) is 64.3. The van der Waals surface area contributed by atoms with Crippen molar-refractivity contribution >= 4 is 61.8 Å². The molecule has 2 aliphatic heterocycles. The Morgan fingerprint density at radius 1 is 0.776 bits per heavy atom. The van der Waals surface area contributed by atoms with Crippen molar-refractivity contribution < 1.29 is 51.0 Å². The van der Waals surface area contributed by atoms with Crippen LogP contribution in [-0.2, 0) is 39.9 Å². The van der Waals surface area contributed by atoms with Crippen LogP contribution in [0, 0.1) is 0 Å². The fraction of sp³-hybridized carbons (Fsp3) is 0.370. The number of carbonyl (C=O) groups excluding carboxylic acids is 5. The Morgan fingerprint density at radius 3 is 1.78 bits per heavy atom. The number of amides is 6. The predicted molar refractivity (Wildman–Crippen MR) is 166 cm³/mol. The molecule has 4 rings (SSSR count). The summed E-state index contributed by atoms with van der Waals surface area (Å²) in [6.07, 6.45) is -1.47. The SMILES string of the molecule is CN1C(=O)C(N=Nc2ccc(-c3ccc(N=NC4C(=O)N(C)C(O)N(C)C4=O)cc3S(=O)(=O)NCCCO)c([SH](=O)=O)c2)C(=O)N(C)C1=O. The number of nitrogens with zero attached hydrogens (tertiary/aromatic N) is 8. The fourth-order valence-corrected chi connectivity index (χ4v) is 6.59. The number of nitrogens with one attached hydrogen (secondary N) is 1. The van der Waals surface area contributed by atoms with E-state index < -0.39 is 78.6 Å². The molecule has 2 aromatic carbocycles. The van der Waals surface area contributed by atoms with Gasteiger partial charge in [-0.1, -0.05) is 12.1 Å². The van der Waals surface area contributed by atoms with Crippen LogP contribution >= 0.6 is 0 Å². The van der Waals surface area contributed by atoms with E-state index in [9.17, 15) is 45.9 Å². The van der Waals surface area contributed by atoms with E-state index in [0.717, 1.165) is 36.0 Å². The highest BCUT2D eigenvalue weighted by molar-refractivity contribution is 7.89. The zero-order valence-electron chi connectivity index (χ0n) is 26.3. The molecular formula is C27H31N9O11S2. The van der Waals surface area contributed by atoms with E-state index in [1.807, 2.05) is 0 Å². The second-order valence-electron chi connectivity index (χ2n) is 10.7. The van der Waals surface area contributed by atoms with Crippen molar-refractivity contribution in [3.63, 3.8) is 0 Å². The number of likely N-dealkylation sites (N-methyl/N-ethyl adjacent to an activating group) is 4. The van der Waals surface area contributed by atoms with Gasteiger partial charge in [-0.25, -0.2) is 26.4 Å². The number of thiol groups is 1. The molecular weight excluding hydrogens is 690 g/mol. The van der Waals surface area contributed by atoms with Gasteiger partial charge in [0, 0.05) is 52.5 Å². The van der Waals surface area contributed by atoms with E-state index in [-0.39, 0.29) is 42.1 Å². The number of sulfonamides is 1. The van der Waals surface area contributed by atoms with E-state index in [1.54, 1.807) is 0 Å². The lowest BCUT2D eigenvalue weighted by atomic mass is 10.0. The van der Waals surface area contributed by atoms with Crippen molar-refractivity contribution in [2.24, 2.45) is 20.5 Å². The van der Waals surface area contributed by atoms with Crippen molar-refractivity contribution in [3.8, 4) is 11.1 Å². The number of urea groups is 1. The second kappa shape index (κ2) is 14.6. The van der Waals surface area contributed by atoms with E-state index >= 15 is 0 Å². The van der Waals surface area contributed by atoms with Crippen molar-refractivity contribution in [2.75, 3.05) is 41.3 Å². The molecule has 2 heterocycles. The summed E-state index contributed by atoms with van der Waals surface area (Å²) in [7, 11) is -3.05. The number of barbiturate groups is 1. The molecule has 49 heavy (non-hydrogen) atoms. The molecule has 0 saturated carbocycles. The molecule has 0 atom stereocenters. The monoisotopic (exact) mass is 721 g/mol. The van der Waals surface area contributed by atoms with Crippen LogP contribution in [0.1, 0.15) is 6.42 Å². The van der Waals surface area contributed by atoms with E-state index in [2.05, 4.69) is 25.2 Å². The molecule has 2 aromatic rings. The molecule has 2 fully saturated rings. The zero-order chi connectivity index (χ0) is 36.4. The maximum atomic E-state index is 13.5. The van der Waals surface area contributed by atoms with Crippen molar-refractivity contribution in [3.05, 3.63) is 36.4 Å². The maximum absolute atomic E-state index is 13.5. The van der Waals surface area contributed by atoms with Gasteiger partial charge < -0.3 is 20.0 Å². The van der Waals surface area contributed by atoms with Gasteiger partial charge in [-0.15, -0.1) is 0 Å². The number of aliphatic hydroxyl groups excluding tert-OH is 2. The number of benzene rings is 2. The van der Waals surface area contributed by atoms with Gasteiger partial charge >= 0.3 is 6.03 Å². The van der Waals surface area contributed by atoms with Crippen LogP contribution in [0.15, 0.2) is 66.6 Å². The third-order valence-corrected chi connectivity index (χ3v) is 9.75. The lowest BCUT2D eigenvalue weighted by Gasteiger charge is -2.37. The average Bonchev–Trinajstić information content (AvgIpc) is 3.08. The third-order valence-electron chi connectivity index (χ3n) is 7.49. The molecule has 20 nitrogen and oxygen atoms in total. The first-order chi connectivity index (χ1) is 23.0. The molecule has 262 valence electrons. The van der Waals surface area contributed by atoms with E-state index in [4.69, 9.17) is 5.11 Å². The molecule has 0 aromatic heterocycles. The van der Waals surface area contributed by atoms with Crippen LogP contribution in [0.25, 0.3) is 11.1 Å². The first kappa shape index (κ1) is 36.8. The number of rotatable bonds is 11. The molecule has 2 saturated heterocycles. The van der Waals surface area contributed by atoms with Crippen LogP contribution in [0.3, 0.4) is 0 Å². The Kier molecular flexibility index (Phi) is 11.0. The van der Waals surface area contributed by atoms with Crippen LogP contribution in [0.5, 0.6) is 0 Å². The van der Waals surface area contributed by atoms with E-state index in [0.29, 0.717) is 9.80 Å². The lowest BCUT2D eigenvalue weighted by Crippen LogP contribution is -2.61. The summed E-state index contributed by atoms with van der Waals surface area (Å²) in [6, 6.07) is 2.79. The lowest BCUT2D eigenvalue weighted by molar-refractivity contribution is -0.177. The Hall–Kier alpha value is -5.03. The molecule has 2 aliphatic rings. The first-order valence-corrected chi connectivity index (χ1v) is 16.8. The molecule has 0 aliphatic carbocycles. The highest BCUT2D eigenvalue weighted by atomic mass is 32.2. The number of aliphatic hydroxyl groups is 2. The fourth-order valence-electron chi connectivity index (χ4n) is 4.65. The van der Waals surface area contributed by atoms with Crippen molar-refractivity contribution in [1.29, 1.82) is 0 Å². The van der Waals surface area contributed by atoms with E-state index in [1.165, 1.54) is 38.4 Å². The van der Waals surface area contributed by atoms with Crippen LogP contribution < -0.4 is 4.72 Å². The Morgan fingerprint density at radius 2 is 1.27 bits per heavy atom. The Bertz CT molecular complexity index is 1910. The summed E-state index contributed by atoms with van der Waals surface area (Å²) in [5.41, 5.74) is -0.499. The number of azo groups is 2. The van der Waals surface area contributed by atoms with Crippen molar-refractivity contribution in [2.45, 2.75) is 34.6 Å². The van der Waals surface area contributed by atoms with Gasteiger partial charge in [0.1, 0.15) is 0 Å². The summed E-state index contributed by atoms with van der Waals surface area (Å²) < 4.78 is 54.1. The molecule has 3 N–H and O–H groups in total. The van der Waals surface area contributed by atoms with Gasteiger partial charge in [0.25, 0.3) is 23.6 Å². The van der Waals surface area contributed by atoms with Gasteiger partial charge in [-0.2, -0.15) is 20.5 Å². The zero-order valence-corrected chi connectivity index (χ0v) is 28.0. The minimum Gasteiger partial charge on any atom is -0.396 e. The quantitative estimate of drug-likeness (QED) is 0.0960. The number of imide groups is 2. The molecule has 0 unspecified atom stereocenters. The summed E-state index contributed by atoms with van der Waals surface area (Å²) >= 11 is 0. The largest absolute Gasteiger partial charge is 0.396 e. The van der Waals surface area contributed by atoms with Crippen LogP contribution in [0.2, 0.25) is 0 Å². The summed E-state index contributed by atoms with van der Waals surface area (Å²) in [6.45, 7) is -0.519. The topological polar surface area (TPSA) is 269 Å². The Balaban J connectivity index is 1.77. The molecule has 0 radical (unpaired) electrons. The molecule has 22 heteroatoms.